The van der Waals surface area contributed by atoms with Gasteiger partial charge < -0.3 is 14.8 Å². The summed E-state index contributed by atoms with van der Waals surface area (Å²) >= 11 is 0. The molecule has 1 heterocycles. The van der Waals surface area contributed by atoms with Gasteiger partial charge in [0.1, 0.15) is 18.0 Å². The first-order valence-electron chi connectivity index (χ1n) is 8.36. The fraction of sp³-hybridized carbons (Fsp3) is 0.235. The van der Waals surface area contributed by atoms with Crippen molar-refractivity contribution in [3.63, 3.8) is 0 Å². The molecule has 1 N–H and O–H groups in total. The molecule has 1 aromatic heterocycles. The number of hydrogen-bond donors (Lipinski definition) is 1. The fourth-order valence-corrected chi connectivity index (χ4v) is 2.47. The predicted octanol–water partition coefficient (Wildman–Crippen LogP) is 1.49. The summed E-state index contributed by atoms with van der Waals surface area (Å²) in [4.78, 5) is 56.8. The number of anilines is 1. The van der Waals surface area contributed by atoms with Gasteiger partial charge in [0.15, 0.2) is 0 Å². The van der Waals surface area contributed by atoms with E-state index in [2.05, 4.69) is 10.1 Å². The van der Waals surface area contributed by atoms with Crippen molar-refractivity contribution in [2.24, 2.45) is 0 Å². The molecule has 1 amide bonds. The molecule has 13 nitrogen and oxygen atoms in total. The average Bonchev–Trinajstić information content (AvgIpc) is 2.69. The van der Waals surface area contributed by atoms with Crippen LogP contribution in [-0.4, -0.2) is 40.0 Å². The maximum absolute atomic E-state index is 12.3. The Bertz CT molecular complexity index is 1080. The van der Waals surface area contributed by atoms with Crippen LogP contribution in [-0.2, 0) is 16.1 Å². The lowest BCUT2D eigenvalue weighted by atomic mass is 10.2. The predicted molar refractivity (Wildman–Crippen MR) is 102 cm³/mol. The molecule has 0 aliphatic heterocycles. The van der Waals surface area contributed by atoms with Gasteiger partial charge in [0.25, 0.3) is 5.69 Å². The second kappa shape index (κ2) is 9.27. The van der Waals surface area contributed by atoms with Crippen LogP contribution >= 0.6 is 0 Å². The summed E-state index contributed by atoms with van der Waals surface area (Å²) in [5.74, 6) is -1.62. The summed E-state index contributed by atoms with van der Waals surface area (Å²) in [7, 11) is 1.04. The number of rotatable bonds is 8. The third-order valence-corrected chi connectivity index (χ3v) is 3.75. The Kier molecular flexibility index (Phi) is 6.80. The lowest BCUT2D eigenvalue weighted by Crippen LogP contribution is -2.29. The topological polar surface area (TPSA) is 173 Å². The molecule has 0 saturated carbocycles. The SMILES string of the molecule is CCOc1ccc(NC(=O)Cn2cc(C(=O)OC)cc([N+](=O)[O-])c2=O)c([N+](=O)[O-])c1. The number of hydrogen-bond acceptors (Lipinski definition) is 9. The molecule has 1 aromatic carbocycles. The van der Waals surface area contributed by atoms with E-state index in [4.69, 9.17) is 4.74 Å². The maximum Gasteiger partial charge on any atom is 0.339 e. The van der Waals surface area contributed by atoms with E-state index in [1.165, 1.54) is 12.1 Å². The number of nitrogens with zero attached hydrogens (tertiary/aromatic N) is 3. The highest BCUT2D eigenvalue weighted by Crippen LogP contribution is 2.29. The summed E-state index contributed by atoms with van der Waals surface area (Å²) in [5.41, 5.74) is -3.00. The van der Waals surface area contributed by atoms with Gasteiger partial charge in [-0.3, -0.25) is 34.4 Å². The number of benzene rings is 1. The number of amides is 1. The van der Waals surface area contributed by atoms with Gasteiger partial charge in [0.05, 0.1) is 35.2 Å². The molecule has 0 aliphatic rings. The molecule has 2 aromatic rings. The second-order valence-electron chi connectivity index (χ2n) is 5.71. The molecule has 30 heavy (non-hydrogen) atoms. The Morgan fingerprint density at radius 2 is 1.80 bits per heavy atom. The van der Waals surface area contributed by atoms with Crippen molar-refractivity contribution in [2.45, 2.75) is 13.5 Å². The Labute approximate surface area is 168 Å². The van der Waals surface area contributed by atoms with Crippen molar-refractivity contribution >= 4 is 28.9 Å². The molecular weight excluding hydrogens is 404 g/mol. The van der Waals surface area contributed by atoms with E-state index in [1.54, 1.807) is 6.92 Å². The number of ether oxygens (including phenoxy) is 2. The third kappa shape index (κ3) is 4.95. The first-order valence-corrected chi connectivity index (χ1v) is 8.36. The first-order chi connectivity index (χ1) is 14.2. The Morgan fingerprint density at radius 1 is 1.13 bits per heavy atom. The van der Waals surface area contributed by atoms with Gasteiger partial charge in [-0.1, -0.05) is 0 Å². The van der Waals surface area contributed by atoms with Crippen molar-refractivity contribution in [1.29, 1.82) is 0 Å². The van der Waals surface area contributed by atoms with E-state index in [0.717, 1.165) is 25.4 Å². The third-order valence-electron chi connectivity index (χ3n) is 3.75. The largest absolute Gasteiger partial charge is 0.494 e. The van der Waals surface area contributed by atoms with Gasteiger partial charge >= 0.3 is 17.2 Å². The van der Waals surface area contributed by atoms with E-state index >= 15 is 0 Å². The second-order valence-corrected chi connectivity index (χ2v) is 5.71. The normalized spacial score (nSPS) is 10.2. The molecule has 0 spiro atoms. The van der Waals surface area contributed by atoms with Crippen LogP contribution in [0.3, 0.4) is 0 Å². The van der Waals surface area contributed by atoms with Crippen LogP contribution in [0.1, 0.15) is 17.3 Å². The smallest absolute Gasteiger partial charge is 0.339 e. The number of pyridine rings is 1. The summed E-state index contributed by atoms with van der Waals surface area (Å²) in [6.45, 7) is 1.23. The lowest BCUT2D eigenvalue weighted by molar-refractivity contribution is -0.386. The standard InChI is InChI=1S/C17H16N4O9/c1-3-30-11-4-5-12(13(7-11)20(25)26)18-15(22)9-19-8-10(17(24)29-2)6-14(16(19)23)21(27)28/h4-8H,3,9H2,1-2H3,(H,18,22). The Morgan fingerprint density at radius 3 is 2.37 bits per heavy atom. The minimum atomic E-state index is -1.14. The lowest BCUT2D eigenvalue weighted by Gasteiger charge is -2.10. The van der Waals surface area contributed by atoms with Crippen LogP contribution in [0.25, 0.3) is 0 Å². The quantitative estimate of drug-likeness (QED) is 0.377. The van der Waals surface area contributed by atoms with Crippen molar-refractivity contribution in [3.8, 4) is 5.75 Å². The summed E-state index contributed by atoms with van der Waals surface area (Å²) in [6.07, 6.45) is 0.924. The van der Waals surface area contributed by atoms with Crippen molar-refractivity contribution in [2.75, 3.05) is 19.0 Å². The number of carbonyl (C=O) groups is 2. The molecule has 13 heteroatoms. The molecule has 158 valence electrons. The zero-order chi connectivity index (χ0) is 22.4. The number of methoxy groups -OCH3 is 1. The fourth-order valence-electron chi connectivity index (χ4n) is 2.47. The zero-order valence-electron chi connectivity index (χ0n) is 15.8. The highest BCUT2D eigenvalue weighted by atomic mass is 16.6. The average molecular weight is 420 g/mol. The Balaban J connectivity index is 2.36. The minimum Gasteiger partial charge on any atom is -0.494 e. The number of esters is 1. The van der Waals surface area contributed by atoms with Gasteiger partial charge in [-0.2, -0.15) is 0 Å². The van der Waals surface area contributed by atoms with Crippen LogP contribution in [0.4, 0.5) is 17.1 Å². The summed E-state index contributed by atoms with van der Waals surface area (Å²) in [6, 6.07) is 4.51. The highest BCUT2D eigenvalue weighted by Gasteiger charge is 2.22. The monoisotopic (exact) mass is 420 g/mol. The van der Waals surface area contributed by atoms with Gasteiger partial charge in [0, 0.05) is 12.3 Å². The van der Waals surface area contributed by atoms with Gasteiger partial charge in [-0.05, 0) is 19.1 Å². The van der Waals surface area contributed by atoms with E-state index in [9.17, 15) is 34.6 Å². The molecule has 0 atom stereocenters. The van der Waals surface area contributed by atoms with E-state index in [0.29, 0.717) is 4.57 Å². The number of nitro benzene ring substituents is 1. The van der Waals surface area contributed by atoms with Crippen LogP contribution in [0.2, 0.25) is 0 Å². The van der Waals surface area contributed by atoms with Crippen molar-refractivity contribution in [1.82, 2.24) is 4.57 Å². The van der Waals surface area contributed by atoms with E-state index in [1.807, 2.05) is 0 Å². The molecule has 0 saturated heterocycles. The number of nitro groups is 2. The molecule has 0 radical (unpaired) electrons. The van der Waals surface area contributed by atoms with Gasteiger partial charge in [-0.15, -0.1) is 0 Å². The number of nitrogens with one attached hydrogen (secondary N) is 1. The van der Waals surface area contributed by atoms with Crippen LogP contribution in [0, 0.1) is 20.2 Å². The number of carbonyl (C=O) groups excluding carboxylic acids is 2. The van der Waals surface area contributed by atoms with E-state index < -0.39 is 45.2 Å². The minimum absolute atomic E-state index is 0.167. The summed E-state index contributed by atoms with van der Waals surface area (Å²) in [5, 5.41) is 24.6. The summed E-state index contributed by atoms with van der Waals surface area (Å²) < 4.78 is 10.3. The van der Waals surface area contributed by atoms with E-state index in [-0.39, 0.29) is 23.6 Å². The number of aromatic nitrogens is 1. The maximum atomic E-state index is 12.3. The Hall–Kier alpha value is -4.29. The molecule has 0 fully saturated rings. The van der Waals surface area contributed by atoms with Crippen LogP contribution < -0.4 is 15.6 Å². The van der Waals surface area contributed by atoms with Crippen LogP contribution in [0.5, 0.6) is 5.75 Å². The first kappa shape index (κ1) is 22.0. The highest BCUT2D eigenvalue weighted by molar-refractivity contribution is 5.93. The van der Waals surface area contributed by atoms with Gasteiger partial charge in [-0.25, -0.2) is 4.79 Å². The van der Waals surface area contributed by atoms with Crippen molar-refractivity contribution < 1.29 is 28.9 Å². The van der Waals surface area contributed by atoms with Gasteiger partial charge in [0.2, 0.25) is 5.91 Å². The molecule has 0 aliphatic carbocycles. The van der Waals surface area contributed by atoms with Crippen LogP contribution in [0.15, 0.2) is 35.3 Å². The molecule has 0 unspecified atom stereocenters. The molecule has 2 rings (SSSR count). The van der Waals surface area contributed by atoms with Crippen molar-refractivity contribution in [3.05, 3.63) is 66.6 Å². The zero-order valence-corrected chi connectivity index (χ0v) is 15.8. The molecule has 0 bridgehead atoms. The molecular formula is C17H16N4O9.